The molecule has 3 aliphatic rings. The second-order valence-electron chi connectivity index (χ2n) is 17.6. The predicted molar refractivity (Wildman–Crippen MR) is 255 cm³/mol. The lowest BCUT2D eigenvalue weighted by Crippen LogP contribution is -2.58. The van der Waals surface area contributed by atoms with Gasteiger partial charge in [-0.2, -0.15) is 0 Å². The van der Waals surface area contributed by atoms with Crippen molar-refractivity contribution in [3.63, 3.8) is 0 Å². The fourth-order valence-corrected chi connectivity index (χ4v) is 10.6. The van der Waals surface area contributed by atoms with Crippen molar-refractivity contribution in [3.8, 4) is 0 Å². The van der Waals surface area contributed by atoms with Crippen molar-refractivity contribution in [2.45, 2.75) is 108 Å². The highest BCUT2D eigenvalue weighted by atomic mass is 32.1. The minimum absolute atomic E-state index is 0.00834. The van der Waals surface area contributed by atoms with Gasteiger partial charge in [0.15, 0.2) is 5.13 Å². The summed E-state index contributed by atoms with van der Waals surface area (Å²) in [5.41, 5.74) is 3.41. The topological polar surface area (TPSA) is 157 Å². The molecular weight excluding hydrogens is 825 g/mol. The SMILES string of the molecule is CN[C@@H](C)C(=O)N[C@H](C(=O)N1CCC[C@H]1CN[C@H](C(=O)NCCCCCCNC(=O)c1cccc2sc(N3CCOCC3)nc12)C(c1ccccc1)c1ccccc1)C1CCCCC1. The number of benzene rings is 3. The minimum Gasteiger partial charge on any atom is -0.378 e. The van der Waals surface area contributed by atoms with Crippen molar-refractivity contribution in [3.05, 3.63) is 95.6 Å². The van der Waals surface area contributed by atoms with E-state index in [4.69, 9.17) is 9.72 Å². The van der Waals surface area contributed by atoms with Gasteiger partial charge >= 0.3 is 0 Å². The number of aromatic nitrogens is 1. The Balaban J connectivity index is 0.951. The van der Waals surface area contributed by atoms with Gasteiger partial charge in [-0.25, -0.2) is 4.98 Å². The molecule has 0 spiro atoms. The van der Waals surface area contributed by atoms with E-state index in [1.165, 1.54) is 0 Å². The standard InChI is InChI=1S/C50H68N8O5S/c1-35(51-2)46(59)55-43(38-22-12-7-13-23-38)49(62)58-29-17-24-39(58)34-54-45(42(36-18-8-5-9-19-36)37-20-10-6-11-21-37)48(61)53-28-15-4-3-14-27-52-47(60)40-25-16-26-41-44(40)56-50(64-41)57-30-32-63-33-31-57/h5-6,8-11,16,18-21,25-26,35,38-39,42-43,45,51,54H,3-4,7,12-15,17,22-24,27-34H2,1-2H3,(H,52,60)(H,53,61)(H,55,59)/t35-,39-,43-,45-/m0/s1. The summed E-state index contributed by atoms with van der Waals surface area (Å²) in [6.45, 7) is 6.96. The van der Waals surface area contributed by atoms with E-state index in [2.05, 4.69) is 55.7 Å². The maximum absolute atomic E-state index is 14.5. The van der Waals surface area contributed by atoms with Crippen molar-refractivity contribution in [2.75, 3.05) is 64.4 Å². The van der Waals surface area contributed by atoms with Crippen LogP contribution in [-0.4, -0.2) is 117 Å². The Morgan fingerprint density at radius 1 is 0.766 bits per heavy atom. The molecule has 1 aliphatic carbocycles. The van der Waals surface area contributed by atoms with E-state index in [1.54, 1.807) is 18.4 Å². The molecule has 5 N–H and O–H groups in total. The van der Waals surface area contributed by atoms with Crippen LogP contribution in [0.4, 0.5) is 5.13 Å². The van der Waals surface area contributed by atoms with Gasteiger partial charge in [0.25, 0.3) is 5.91 Å². The number of thiazole rings is 1. The molecule has 13 nitrogen and oxygen atoms in total. The fourth-order valence-electron chi connectivity index (χ4n) is 9.53. The molecule has 64 heavy (non-hydrogen) atoms. The van der Waals surface area contributed by atoms with Gasteiger partial charge in [-0.15, -0.1) is 0 Å². The first-order chi connectivity index (χ1) is 31.3. The molecule has 3 heterocycles. The van der Waals surface area contributed by atoms with Crippen LogP contribution in [0.2, 0.25) is 0 Å². The number of amides is 4. The first-order valence-corrected chi connectivity index (χ1v) is 24.5. The quantitative estimate of drug-likeness (QED) is 0.0635. The third kappa shape index (κ3) is 12.3. The summed E-state index contributed by atoms with van der Waals surface area (Å²) in [4.78, 5) is 64.4. The van der Waals surface area contributed by atoms with Crippen LogP contribution < -0.4 is 31.5 Å². The Bertz CT molecular complexity index is 2070. The number of nitrogens with zero attached hydrogens (tertiary/aromatic N) is 3. The van der Waals surface area contributed by atoms with Crippen LogP contribution in [0.5, 0.6) is 0 Å². The summed E-state index contributed by atoms with van der Waals surface area (Å²) >= 11 is 1.61. The van der Waals surface area contributed by atoms with Crippen LogP contribution in [-0.2, 0) is 19.1 Å². The summed E-state index contributed by atoms with van der Waals surface area (Å²) in [6.07, 6.45) is 10.3. The summed E-state index contributed by atoms with van der Waals surface area (Å²) < 4.78 is 6.50. The van der Waals surface area contributed by atoms with Crippen LogP contribution in [0, 0.1) is 5.92 Å². The van der Waals surface area contributed by atoms with Gasteiger partial charge in [0.1, 0.15) is 6.04 Å². The normalized spacial score (nSPS) is 18.5. The summed E-state index contributed by atoms with van der Waals surface area (Å²) in [5.74, 6) is -0.512. The highest BCUT2D eigenvalue weighted by Gasteiger charge is 2.40. The molecule has 7 rings (SSSR count). The molecule has 14 heteroatoms. The van der Waals surface area contributed by atoms with Crippen molar-refractivity contribution >= 4 is 50.3 Å². The molecule has 1 aromatic heterocycles. The molecular formula is C50H68N8O5S. The summed E-state index contributed by atoms with van der Waals surface area (Å²) in [5, 5.41) is 17.2. The van der Waals surface area contributed by atoms with Crippen LogP contribution in [0.3, 0.4) is 0 Å². The zero-order valence-corrected chi connectivity index (χ0v) is 38.5. The number of fused-ring (bicyclic) bond motifs is 1. The average Bonchev–Trinajstić information content (AvgIpc) is 4.01. The Hall–Kier alpha value is -4.89. The molecule has 3 aromatic carbocycles. The number of likely N-dealkylation sites (N-methyl/N-ethyl adjacent to an activating group) is 1. The minimum atomic E-state index is -0.602. The van der Waals surface area contributed by atoms with E-state index in [0.29, 0.717) is 45.0 Å². The highest BCUT2D eigenvalue weighted by Crippen LogP contribution is 2.33. The number of morpholine rings is 1. The smallest absolute Gasteiger partial charge is 0.253 e. The van der Waals surface area contributed by atoms with Crippen LogP contribution in [0.1, 0.15) is 105 Å². The highest BCUT2D eigenvalue weighted by molar-refractivity contribution is 7.22. The zero-order chi connectivity index (χ0) is 44.7. The predicted octanol–water partition coefficient (Wildman–Crippen LogP) is 5.99. The molecule has 3 fully saturated rings. The number of likely N-dealkylation sites (tertiary alicyclic amines) is 1. The van der Waals surface area contributed by atoms with E-state index in [1.807, 2.05) is 66.4 Å². The number of anilines is 1. The van der Waals surface area contributed by atoms with Gasteiger partial charge in [-0.1, -0.05) is 110 Å². The van der Waals surface area contributed by atoms with Gasteiger partial charge in [0.2, 0.25) is 17.7 Å². The number of para-hydroxylation sites is 1. The fraction of sp³-hybridized carbons (Fsp3) is 0.540. The lowest BCUT2D eigenvalue weighted by molar-refractivity contribution is -0.139. The van der Waals surface area contributed by atoms with E-state index in [0.717, 1.165) is 110 Å². The Labute approximate surface area is 382 Å². The number of ether oxygens (including phenoxy) is 1. The number of rotatable bonds is 21. The molecule has 4 amide bonds. The first-order valence-electron chi connectivity index (χ1n) is 23.7. The second-order valence-corrected chi connectivity index (χ2v) is 18.6. The number of nitrogens with one attached hydrogen (secondary N) is 5. The van der Waals surface area contributed by atoms with Crippen LogP contribution >= 0.6 is 11.3 Å². The monoisotopic (exact) mass is 893 g/mol. The van der Waals surface area contributed by atoms with Crippen molar-refractivity contribution in [1.29, 1.82) is 0 Å². The van der Waals surface area contributed by atoms with Crippen molar-refractivity contribution < 1.29 is 23.9 Å². The molecule has 4 aromatic rings. The molecule has 0 unspecified atom stereocenters. The molecule has 0 radical (unpaired) electrons. The number of unbranched alkanes of at least 4 members (excludes halogenated alkanes) is 3. The van der Waals surface area contributed by atoms with E-state index >= 15 is 0 Å². The molecule has 1 saturated carbocycles. The van der Waals surface area contributed by atoms with Crippen molar-refractivity contribution in [2.24, 2.45) is 5.92 Å². The average molecular weight is 893 g/mol. The number of hydrogen-bond donors (Lipinski definition) is 5. The third-order valence-corrected chi connectivity index (χ3v) is 14.4. The largest absolute Gasteiger partial charge is 0.378 e. The maximum atomic E-state index is 14.5. The molecule has 0 bridgehead atoms. The first kappa shape index (κ1) is 47.1. The summed E-state index contributed by atoms with van der Waals surface area (Å²) in [7, 11) is 1.76. The van der Waals surface area contributed by atoms with E-state index < -0.39 is 18.1 Å². The van der Waals surface area contributed by atoms with Crippen LogP contribution in [0.15, 0.2) is 78.9 Å². The Kier molecular flexibility index (Phi) is 17.6. The number of carbonyl (C=O) groups excluding carboxylic acids is 4. The second kappa shape index (κ2) is 23.9. The molecule has 4 atom stereocenters. The van der Waals surface area contributed by atoms with Gasteiger partial charge in [-0.3, -0.25) is 19.2 Å². The van der Waals surface area contributed by atoms with Gasteiger partial charge < -0.3 is 41.1 Å². The molecule has 2 saturated heterocycles. The maximum Gasteiger partial charge on any atom is 0.253 e. The van der Waals surface area contributed by atoms with Gasteiger partial charge in [0.05, 0.1) is 41.1 Å². The van der Waals surface area contributed by atoms with Crippen LogP contribution in [0.25, 0.3) is 10.2 Å². The third-order valence-electron chi connectivity index (χ3n) is 13.3. The lowest BCUT2D eigenvalue weighted by atomic mass is 9.83. The Morgan fingerprint density at radius 3 is 2.11 bits per heavy atom. The van der Waals surface area contributed by atoms with Gasteiger partial charge in [-0.05, 0) is 81.7 Å². The molecule has 344 valence electrons. The van der Waals surface area contributed by atoms with Gasteiger partial charge in [0, 0.05) is 51.2 Å². The number of carbonyl (C=O) groups is 4. The molecule has 2 aliphatic heterocycles. The lowest BCUT2D eigenvalue weighted by Gasteiger charge is -2.36. The Morgan fingerprint density at radius 2 is 1.44 bits per heavy atom. The summed E-state index contributed by atoms with van der Waals surface area (Å²) in [6, 6.07) is 24.4. The van der Waals surface area contributed by atoms with Crippen molar-refractivity contribution in [1.82, 2.24) is 36.5 Å². The van der Waals surface area contributed by atoms with E-state index in [-0.39, 0.29) is 41.5 Å². The number of hydrogen-bond acceptors (Lipinski definition) is 10. The zero-order valence-electron chi connectivity index (χ0n) is 37.7. The van der Waals surface area contributed by atoms with E-state index in [9.17, 15) is 19.2 Å².